The maximum absolute atomic E-state index is 12.0. The Hall–Kier alpha value is -2.57. The summed E-state index contributed by atoms with van der Waals surface area (Å²) >= 11 is 11.6. The Bertz CT molecular complexity index is 824. The van der Waals surface area contributed by atoms with E-state index < -0.39 is 18.5 Å². The molecule has 0 aliphatic rings. The van der Waals surface area contributed by atoms with Crippen LogP contribution in [0, 0.1) is 0 Å². The van der Waals surface area contributed by atoms with Crippen LogP contribution in [0.1, 0.15) is 17.3 Å². The minimum atomic E-state index is -0.684. The highest BCUT2D eigenvalue weighted by Gasteiger charge is 2.12. The van der Waals surface area contributed by atoms with E-state index in [4.69, 9.17) is 27.9 Å². The third-order valence-electron chi connectivity index (χ3n) is 2.96. The number of carbonyl (C=O) groups is 3. The predicted octanol–water partition coefficient (Wildman–Crippen LogP) is 3.75. The van der Waals surface area contributed by atoms with Crippen LogP contribution in [0.4, 0.5) is 11.4 Å². The lowest BCUT2D eigenvalue weighted by Gasteiger charge is -2.08. The molecule has 0 radical (unpaired) electrons. The average molecular weight is 381 g/mol. The van der Waals surface area contributed by atoms with Gasteiger partial charge in [0.05, 0.1) is 15.6 Å². The lowest BCUT2D eigenvalue weighted by atomic mass is 10.2. The van der Waals surface area contributed by atoms with Gasteiger partial charge in [-0.1, -0.05) is 29.3 Å². The second kappa shape index (κ2) is 8.50. The molecule has 2 N–H and O–H groups in total. The molecular formula is C17H14Cl2N2O4. The number of anilines is 2. The summed E-state index contributed by atoms with van der Waals surface area (Å²) < 4.78 is 4.95. The summed E-state index contributed by atoms with van der Waals surface area (Å²) in [4.78, 5) is 34.9. The second-order valence-corrected chi connectivity index (χ2v) is 5.83. The van der Waals surface area contributed by atoms with Gasteiger partial charge in [0, 0.05) is 18.3 Å². The molecule has 0 fully saturated rings. The van der Waals surface area contributed by atoms with Crippen molar-refractivity contribution in [1.29, 1.82) is 0 Å². The normalized spacial score (nSPS) is 10.0. The van der Waals surface area contributed by atoms with E-state index in [9.17, 15) is 14.4 Å². The number of hydrogen-bond acceptors (Lipinski definition) is 4. The molecule has 0 spiro atoms. The quantitative estimate of drug-likeness (QED) is 0.773. The fourth-order valence-electron chi connectivity index (χ4n) is 1.91. The molecule has 2 aromatic rings. The Morgan fingerprint density at radius 1 is 0.960 bits per heavy atom. The molecule has 130 valence electrons. The Kier molecular flexibility index (Phi) is 6.38. The van der Waals surface area contributed by atoms with E-state index >= 15 is 0 Å². The Labute approximate surface area is 154 Å². The Balaban J connectivity index is 1.91. The van der Waals surface area contributed by atoms with Gasteiger partial charge in [0.2, 0.25) is 5.91 Å². The smallest absolute Gasteiger partial charge is 0.338 e. The maximum Gasteiger partial charge on any atom is 0.338 e. The number of rotatable bonds is 5. The van der Waals surface area contributed by atoms with Gasteiger partial charge in [0.15, 0.2) is 6.61 Å². The number of hydrogen-bond donors (Lipinski definition) is 2. The van der Waals surface area contributed by atoms with E-state index in [1.54, 1.807) is 24.3 Å². The summed E-state index contributed by atoms with van der Waals surface area (Å²) in [6, 6.07) is 10.8. The minimum absolute atomic E-state index is 0.216. The van der Waals surface area contributed by atoms with Gasteiger partial charge < -0.3 is 15.4 Å². The number of benzene rings is 2. The molecular weight excluding hydrogens is 367 g/mol. The number of carbonyl (C=O) groups excluding carboxylic acids is 3. The van der Waals surface area contributed by atoms with Gasteiger partial charge in [-0.15, -0.1) is 0 Å². The van der Waals surface area contributed by atoms with E-state index in [2.05, 4.69) is 10.6 Å². The molecule has 2 rings (SSSR count). The van der Waals surface area contributed by atoms with Crippen LogP contribution in [0.2, 0.25) is 10.0 Å². The third-order valence-corrected chi connectivity index (χ3v) is 3.70. The maximum atomic E-state index is 12.0. The van der Waals surface area contributed by atoms with Gasteiger partial charge >= 0.3 is 5.97 Å². The summed E-state index contributed by atoms with van der Waals surface area (Å²) in [5, 5.41) is 5.76. The van der Waals surface area contributed by atoms with Crippen LogP contribution in [-0.4, -0.2) is 24.4 Å². The molecule has 2 aromatic carbocycles. The van der Waals surface area contributed by atoms with Crippen molar-refractivity contribution in [2.45, 2.75) is 6.92 Å². The fourth-order valence-corrected chi connectivity index (χ4v) is 2.21. The van der Waals surface area contributed by atoms with Crippen molar-refractivity contribution in [2.24, 2.45) is 0 Å². The summed E-state index contributed by atoms with van der Waals surface area (Å²) in [6.07, 6.45) is 0. The number of halogens is 2. The molecule has 25 heavy (non-hydrogen) atoms. The molecule has 0 heterocycles. The Morgan fingerprint density at radius 2 is 1.68 bits per heavy atom. The molecule has 2 amide bonds. The summed E-state index contributed by atoms with van der Waals surface area (Å²) in [6.45, 7) is 0.891. The van der Waals surface area contributed by atoms with E-state index in [1.807, 2.05) is 0 Å². The van der Waals surface area contributed by atoms with Crippen LogP contribution >= 0.6 is 23.2 Å². The van der Waals surface area contributed by atoms with E-state index in [0.717, 1.165) is 0 Å². The van der Waals surface area contributed by atoms with E-state index in [-0.39, 0.29) is 11.5 Å². The van der Waals surface area contributed by atoms with Gasteiger partial charge in [0.25, 0.3) is 5.91 Å². The molecule has 0 saturated carbocycles. The summed E-state index contributed by atoms with van der Waals surface area (Å²) in [7, 11) is 0. The zero-order valence-corrected chi connectivity index (χ0v) is 14.6. The first kappa shape index (κ1) is 18.8. The highest BCUT2D eigenvalue weighted by molar-refractivity contribution is 6.42. The monoisotopic (exact) mass is 380 g/mol. The molecule has 8 heteroatoms. The molecule has 0 saturated heterocycles. The van der Waals surface area contributed by atoms with Crippen LogP contribution in [-0.2, 0) is 14.3 Å². The minimum Gasteiger partial charge on any atom is -0.452 e. The van der Waals surface area contributed by atoms with Crippen LogP contribution in [0.25, 0.3) is 0 Å². The van der Waals surface area contributed by atoms with Crippen LogP contribution in [0.3, 0.4) is 0 Å². The average Bonchev–Trinajstić information content (AvgIpc) is 2.55. The van der Waals surface area contributed by atoms with Gasteiger partial charge in [-0.05, 0) is 36.4 Å². The second-order valence-electron chi connectivity index (χ2n) is 5.02. The van der Waals surface area contributed by atoms with Crippen molar-refractivity contribution in [3.8, 4) is 0 Å². The Morgan fingerprint density at radius 3 is 2.36 bits per heavy atom. The largest absolute Gasteiger partial charge is 0.452 e. The summed E-state index contributed by atoms with van der Waals surface area (Å²) in [5.74, 6) is -1.47. The number of amides is 2. The van der Waals surface area contributed by atoms with E-state index in [1.165, 1.54) is 25.1 Å². The van der Waals surface area contributed by atoms with Crippen LogP contribution < -0.4 is 10.6 Å². The van der Waals surface area contributed by atoms with Gasteiger partial charge in [0.1, 0.15) is 0 Å². The van der Waals surface area contributed by atoms with Crippen LogP contribution in [0.15, 0.2) is 42.5 Å². The molecule has 0 atom stereocenters. The molecule has 0 unspecified atom stereocenters. The zero-order chi connectivity index (χ0) is 18.4. The first-order valence-corrected chi connectivity index (χ1v) is 7.90. The fraction of sp³-hybridized carbons (Fsp3) is 0.118. The molecule has 0 bridgehead atoms. The lowest BCUT2D eigenvalue weighted by Crippen LogP contribution is -2.21. The van der Waals surface area contributed by atoms with Crippen molar-refractivity contribution in [3.63, 3.8) is 0 Å². The molecule has 0 aliphatic carbocycles. The summed E-state index contributed by atoms with van der Waals surface area (Å²) in [5.41, 5.74) is 1.11. The number of nitrogens with one attached hydrogen (secondary N) is 2. The van der Waals surface area contributed by atoms with Crippen molar-refractivity contribution in [1.82, 2.24) is 0 Å². The topological polar surface area (TPSA) is 84.5 Å². The van der Waals surface area contributed by atoms with Gasteiger partial charge in [-0.2, -0.15) is 0 Å². The van der Waals surface area contributed by atoms with Gasteiger partial charge in [-0.3, -0.25) is 9.59 Å². The highest BCUT2D eigenvalue weighted by atomic mass is 35.5. The van der Waals surface area contributed by atoms with Crippen molar-refractivity contribution < 1.29 is 19.1 Å². The zero-order valence-electron chi connectivity index (χ0n) is 13.1. The molecule has 6 nitrogen and oxygen atoms in total. The van der Waals surface area contributed by atoms with Gasteiger partial charge in [-0.25, -0.2) is 4.79 Å². The van der Waals surface area contributed by atoms with Crippen molar-refractivity contribution in [2.75, 3.05) is 17.2 Å². The first-order valence-electron chi connectivity index (χ1n) is 7.15. The van der Waals surface area contributed by atoms with Crippen molar-refractivity contribution >= 4 is 52.4 Å². The predicted molar refractivity (Wildman–Crippen MR) is 96.1 cm³/mol. The first-order chi connectivity index (χ1) is 11.8. The third kappa shape index (κ3) is 5.77. The van der Waals surface area contributed by atoms with Crippen LogP contribution in [0.5, 0.6) is 0 Å². The van der Waals surface area contributed by atoms with E-state index in [0.29, 0.717) is 21.4 Å². The molecule has 0 aromatic heterocycles. The van der Waals surface area contributed by atoms with Crippen molar-refractivity contribution in [3.05, 3.63) is 58.1 Å². The molecule has 0 aliphatic heterocycles. The number of ether oxygens (including phenoxy) is 1. The number of esters is 1. The standard InChI is InChI=1S/C17H14Cl2N2O4/c1-10(22)20-12-4-2-3-11(7-12)17(24)25-9-16(23)21-13-5-6-14(18)15(19)8-13/h2-8H,9H2,1H3,(H,20,22)(H,21,23). The SMILES string of the molecule is CC(=O)Nc1cccc(C(=O)OCC(=O)Nc2ccc(Cl)c(Cl)c2)c1. The highest BCUT2D eigenvalue weighted by Crippen LogP contribution is 2.24. The lowest BCUT2D eigenvalue weighted by molar-refractivity contribution is -0.119.